The summed E-state index contributed by atoms with van der Waals surface area (Å²) in [6.45, 7) is 6.00. The molecular weight excluding hydrogens is 492 g/mol. The normalized spacial score (nSPS) is 14.6. The van der Waals surface area contributed by atoms with Crippen molar-refractivity contribution < 1.29 is 23.4 Å². The Kier molecular flexibility index (Phi) is 6.28. The highest BCUT2D eigenvalue weighted by Gasteiger charge is 2.33. The lowest BCUT2D eigenvalue weighted by Gasteiger charge is -2.27. The van der Waals surface area contributed by atoms with Gasteiger partial charge in [0.15, 0.2) is 0 Å². The number of aryl methyl sites for hydroxylation is 2. The van der Waals surface area contributed by atoms with E-state index in [0.717, 1.165) is 16.5 Å². The van der Waals surface area contributed by atoms with Gasteiger partial charge in [0, 0.05) is 33.2 Å². The largest absolute Gasteiger partial charge is 0.494 e. The van der Waals surface area contributed by atoms with E-state index in [-0.39, 0.29) is 23.0 Å². The molecule has 1 aliphatic rings. The minimum atomic E-state index is -0.655. The summed E-state index contributed by atoms with van der Waals surface area (Å²) < 4.78 is 23.0. The van der Waals surface area contributed by atoms with Gasteiger partial charge in [-0.15, -0.1) is 0 Å². The number of ether oxygens (including phenoxy) is 3. The number of furan rings is 1. The second-order valence-corrected chi connectivity index (χ2v) is 9.05. The van der Waals surface area contributed by atoms with Crippen molar-refractivity contribution in [1.29, 1.82) is 5.26 Å². The van der Waals surface area contributed by atoms with Crippen LogP contribution in [0.4, 0.5) is 0 Å². The summed E-state index contributed by atoms with van der Waals surface area (Å²) in [5.74, 6) is 0.170. The van der Waals surface area contributed by atoms with Crippen molar-refractivity contribution in [3.8, 4) is 23.3 Å². The fourth-order valence-electron chi connectivity index (χ4n) is 4.51. The molecule has 0 spiro atoms. The molecule has 0 fully saturated rings. The van der Waals surface area contributed by atoms with E-state index in [1.807, 2.05) is 38.1 Å². The summed E-state index contributed by atoms with van der Waals surface area (Å²) >= 11 is 6.25. The number of carbonyl (C=O) groups excluding carboxylic acids is 1. The Labute approximate surface area is 218 Å². The number of nitrogens with two attached hydrogens (primary N) is 1. The molecule has 3 aromatic carbocycles. The summed E-state index contributed by atoms with van der Waals surface area (Å²) in [5.41, 5.74) is 9.93. The number of nitriles is 1. The highest BCUT2D eigenvalue weighted by Crippen LogP contribution is 2.46. The van der Waals surface area contributed by atoms with Gasteiger partial charge in [0.25, 0.3) is 0 Å². The van der Waals surface area contributed by atoms with Crippen LogP contribution in [0.5, 0.6) is 17.2 Å². The number of esters is 1. The Bertz CT molecular complexity index is 1630. The quantitative estimate of drug-likeness (QED) is 0.238. The number of nitrogens with zero attached hydrogens (tertiary/aromatic N) is 1. The molecule has 4 aromatic rings. The number of halogens is 1. The van der Waals surface area contributed by atoms with Gasteiger partial charge in [-0.05, 0) is 50.6 Å². The van der Waals surface area contributed by atoms with E-state index in [2.05, 4.69) is 6.07 Å². The van der Waals surface area contributed by atoms with Crippen molar-refractivity contribution in [3.63, 3.8) is 0 Å². The fourth-order valence-corrected chi connectivity index (χ4v) is 4.68. The van der Waals surface area contributed by atoms with Crippen molar-refractivity contribution in [1.82, 2.24) is 0 Å². The van der Waals surface area contributed by atoms with E-state index in [1.54, 1.807) is 37.3 Å². The summed E-state index contributed by atoms with van der Waals surface area (Å²) in [6.07, 6.45) is 0. The van der Waals surface area contributed by atoms with Crippen molar-refractivity contribution in [2.24, 2.45) is 5.73 Å². The first-order valence-corrected chi connectivity index (χ1v) is 12.0. The van der Waals surface area contributed by atoms with Crippen molar-refractivity contribution in [2.75, 3.05) is 6.61 Å². The molecule has 0 saturated carbocycles. The van der Waals surface area contributed by atoms with E-state index in [4.69, 9.17) is 36.0 Å². The lowest BCUT2D eigenvalue weighted by Crippen LogP contribution is -2.21. The zero-order valence-corrected chi connectivity index (χ0v) is 21.2. The number of hydrogen-bond donors (Lipinski definition) is 1. The van der Waals surface area contributed by atoms with Crippen LogP contribution in [0, 0.1) is 25.2 Å². The lowest BCUT2D eigenvalue weighted by atomic mass is 9.83. The number of fused-ring (bicyclic) bond motifs is 2. The molecule has 1 aliphatic heterocycles. The Balaban J connectivity index is 1.51. The van der Waals surface area contributed by atoms with Gasteiger partial charge in [0.05, 0.1) is 12.5 Å². The number of carbonyl (C=O) groups is 1. The molecule has 0 radical (unpaired) electrons. The van der Waals surface area contributed by atoms with E-state index < -0.39 is 11.9 Å². The third kappa shape index (κ3) is 4.26. The lowest BCUT2D eigenvalue weighted by molar-refractivity contribution is 0.0702. The van der Waals surface area contributed by atoms with Gasteiger partial charge in [0.1, 0.15) is 34.5 Å². The second kappa shape index (κ2) is 9.57. The fraction of sp³-hybridized carbons (Fsp3) is 0.172. The van der Waals surface area contributed by atoms with Crippen molar-refractivity contribution in [3.05, 3.63) is 99.1 Å². The van der Waals surface area contributed by atoms with Crippen LogP contribution in [0.3, 0.4) is 0 Å². The van der Waals surface area contributed by atoms with Crippen LogP contribution in [0.25, 0.3) is 11.0 Å². The molecule has 1 unspecified atom stereocenters. The molecule has 1 atom stereocenters. The van der Waals surface area contributed by atoms with Crippen LogP contribution < -0.4 is 19.9 Å². The summed E-state index contributed by atoms with van der Waals surface area (Å²) in [5, 5.41) is 11.2. The predicted octanol–water partition coefficient (Wildman–Crippen LogP) is 6.54. The Hall–Kier alpha value is -4.41. The Morgan fingerprint density at radius 1 is 1.14 bits per heavy atom. The molecule has 0 amide bonds. The second-order valence-electron chi connectivity index (χ2n) is 8.64. The maximum absolute atomic E-state index is 13.0. The molecule has 37 heavy (non-hydrogen) atoms. The first-order valence-electron chi connectivity index (χ1n) is 11.7. The highest BCUT2D eigenvalue weighted by atomic mass is 35.5. The zero-order valence-electron chi connectivity index (χ0n) is 20.4. The average molecular weight is 515 g/mol. The first kappa shape index (κ1) is 24.3. The molecule has 7 nitrogen and oxygen atoms in total. The zero-order chi connectivity index (χ0) is 26.3. The van der Waals surface area contributed by atoms with Gasteiger partial charge in [-0.3, -0.25) is 0 Å². The molecule has 0 bridgehead atoms. The van der Waals surface area contributed by atoms with Gasteiger partial charge < -0.3 is 24.4 Å². The van der Waals surface area contributed by atoms with E-state index in [0.29, 0.717) is 39.8 Å². The topological polar surface area (TPSA) is 108 Å². The van der Waals surface area contributed by atoms with Crippen LogP contribution in [-0.4, -0.2) is 12.6 Å². The Morgan fingerprint density at radius 2 is 1.92 bits per heavy atom. The molecule has 186 valence electrons. The van der Waals surface area contributed by atoms with Crippen LogP contribution in [0.15, 0.2) is 70.5 Å². The molecule has 0 aliphatic carbocycles. The van der Waals surface area contributed by atoms with E-state index >= 15 is 0 Å². The van der Waals surface area contributed by atoms with E-state index in [9.17, 15) is 10.1 Å². The minimum absolute atomic E-state index is 0.0184. The Morgan fingerprint density at radius 3 is 2.68 bits per heavy atom. The van der Waals surface area contributed by atoms with Gasteiger partial charge in [0.2, 0.25) is 11.6 Å². The maximum Gasteiger partial charge on any atom is 0.379 e. The number of benzene rings is 3. The van der Waals surface area contributed by atoms with Crippen molar-refractivity contribution in [2.45, 2.75) is 26.7 Å². The summed E-state index contributed by atoms with van der Waals surface area (Å²) in [6, 6.07) is 18.2. The number of allylic oxidation sites excluding steroid dienone is 1. The molecule has 2 heterocycles. The monoisotopic (exact) mass is 514 g/mol. The summed E-state index contributed by atoms with van der Waals surface area (Å²) in [4.78, 5) is 13.0. The first-order chi connectivity index (χ1) is 17.8. The molecular formula is C29H23ClN2O5. The van der Waals surface area contributed by atoms with Crippen LogP contribution >= 0.6 is 11.6 Å². The smallest absolute Gasteiger partial charge is 0.379 e. The average Bonchev–Trinajstić information content (AvgIpc) is 3.19. The van der Waals surface area contributed by atoms with Gasteiger partial charge in [-0.1, -0.05) is 35.9 Å². The molecule has 1 aromatic heterocycles. The third-order valence-corrected chi connectivity index (χ3v) is 6.74. The third-order valence-electron chi connectivity index (χ3n) is 6.33. The highest BCUT2D eigenvalue weighted by molar-refractivity contribution is 6.32. The minimum Gasteiger partial charge on any atom is -0.494 e. The molecule has 5 rings (SSSR count). The number of para-hydroxylation sites is 1. The number of rotatable bonds is 5. The van der Waals surface area contributed by atoms with Gasteiger partial charge in [-0.25, -0.2) is 4.79 Å². The van der Waals surface area contributed by atoms with Crippen LogP contribution in [-0.2, 0) is 0 Å². The van der Waals surface area contributed by atoms with Gasteiger partial charge >= 0.3 is 5.97 Å². The van der Waals surface area contributed by atoms with Gasteiger partial charge in [-0.2, -0.15) is 5.26 Å². The van der Waals surface area contributed by atoms with E-state index in [1.165, 1.54) is 0 Å². The number of hydrogen-bond acceptors (Lipinski definition) is 7. The molecule has 2 N–H and O–H groups in total. The van der Waals surface area contributed by atoms with Crippen LogP contribution in [0.2, 0.25) is 5.02 Å². The van der Waals surface area contributed by atoms with Crippen LogP contribution in [0.1, 0.15) is 45.7 Å². The SMILES string of the molecule is CCOc1ccccc1C1C(C#N)=C(N)Oc2cc(OC(=O)c3oc4cc(C)c(Cl)cc4c3C)ccc21. The molecule has 0 saturated heterocycles. The summed E-state index contributed by atoms with van der Waals surface area (Å²) in [7, 11) is 0. The molecule has 8 heteroatoms. The maximum atomic E-state index is 13.0. The standard InChI is InChI=1S/C29H23ClN2O5/c1-4-34-23-8-6-5-7-18(23)26-19-10-9-17(12-25(19)37-28(32)21(26)14-31)35-29(33)27-16(3)20-13-22(30)15(2)11-24(20)36-27/h5-13,26H,4,32H2,1-3H3. The predicted molar refractivity (Wildman–Crippen MR) is 139 cm³/mol. The van der Waals surface area contributed by atoms with Crippen molar-refractivity contribution >= 4 is 28.5 Å².